The lowest BCUT2D eigenvalue weighted by Crippen LogP contribution is -2.66. The third-order valence-corrected chi connectivity index (χ3v) is 7.81. The molecule has 4 rings (SSSR count). The second kappa shape index (κ2) is 13.0. The van der Waals surface area contributed by atoms with E-state index in [2.05, 4.69) is 4.98 Å². The molecule has 3 atom stereocenters. The SMILES string of the molecule is CC.COCCOC(=O)N1C2CC[C@H]1C(C(=O)NO)N(S(=O)(=O)c1ccc(Oc3ccc(F)cc3)cn1)C2. The molecule has 0 spiro atoms. The van der Waals surface area contributed by atoms with E-state index < -0.39 is 46.0 Å². The number of benzene rings is 1. The van der Waals surface area contributed by atoms with Gasteiger partial charge in [-0.15, -0.1) is 0 Å². The molecular formula is C24H31FN4O8S. The van der Waals surface area contributed by atoms with E-state index in [-0.39, 0.29) is 30.5 Å². The average molecular weight is 555 g/mol. The van der Waals surface area contributed by atoms with Gasteiger partial charge in [-0.1, -0.05) is 13.8 Å². The molecule has 2 aliphatic heterocycles. The van der Waals surface area contributed by atoms with E-state index >= 15 is 0 Å². The van der Waals surface area contributed by atoms with Gasteiger partial charge in [-0.25, -0.2) is 28.1 Å². The Morgan fingerprint density at radius 1 is 1.11 bits per heavy atom. The van der Waals surface area contributed by atoms with Crippen molar-refractivity contribution < 1.29 is 41.8 Å². The van der Waals surface area contributed by atoms with Crippen LogP contribution in [0.2, 0.25) is 0 Å². The van der Waals surface area contributed by atoms with Crippen LogP contribution in [0.3, 0.4) is 0 Å². The monoisotopic (exact) mass is 554 g/mol. The normalized spacial score (nSPS) is 20.8. The highest BCUT2D eigenvalue weighted by atomic mass is 32.2. The maximum Gasteiger partial charge on any atom is 0.410 e. The van der Waals surface area contributed by atoms with Gasteiger partial charge in [-0.3, -0.25) is 14.9 Å². The predicted octanol–water partition coefficient (Wildman–Crippen LogP) is 2.53. The minimum absolute atomic E-state index is 0.000408. The Morgan fingerprint density at radius 2 is 1.79 bits per heavy atom. The molecule has 3 heterocycles. The lowest BCUT2D eigenvalue weighted by Gasteiger charge is -2.43. The highest BCUT2D eigenvalue weighted by Crippen LogP contribution is 2.37. The van der Waals surface area contributed by atoms with E-state index in [1.165, 1.54) is 60.1 Å². The molecule has 38 heavy (non-hydrogen) atoms. The molecule has 0 saturated carbocycles. The number of carbonyl (C=O) groups is 2. The maximum atomic E-state index is 13.5. The summed E-state index contributed by atoms with van der Waals surface area (Å²) in [4.78, 5) is 30.6. The Balaban J connectivity index is 0.00000195. The predicted molar refractivity (Wildman–Crippen MR) is 132 cm³/mol. The number of piperazine rings is 1. The van der Waals surface area contributed by atoms with Crippen LogP contribution in [0.25, 0.3) is 0 Å². The zero-order chi connectivity index (χ0) is 27.9. The zero-order valence-electron chi connectivity index (χ0n) is 21.2. The number of halogens is 1. The molecule has 2 N–H and O–H groups in total. The molecule has 2 aromatic rings. The smallest absolute Gasteiger partial charge is 0.410 e. The number of fused-ring (bicyclic) bond motifs is 2. The number of pyridine rings is 1. The number of amides is 2. The van der Waals surface area contributed by atoms with Crippen molar-refractivity contribution in [3.05, 3.63) is 48.4 Å². The number of aromatic nitrogens is 1. The second-order valence-electron chi connectivity index (χ2n) is 8.20. The lowest BCUT2D eigenvalue weighted by atomic mass is 10.1. The van der Waals surface area contributed by atoms with Gasteiger partial charge in [0, 0.05) is 19.7 Å². The third kappa shape index (κ3) is 6.20. The van der Waals surface area contributed by atoms with Crippen molar-refractivity contribution in [2.45, 2.75) is 49.8 Å². The van der Waals surface area contributed by atoms with Crippen LogP contribution in [0.4, 0.5) is 9.18 Å². The fraction of sp³-hybridized carbons (Fsp3) is 0.458. The van der Waals surface area contributed by atoms with Gasteiger partial charge in [0.05, 0.1) is 18.8 Å². The molecule has 2 fully saturated rings. The van der Waals surface area contributed by atoms with Crippen molar-refractivity contribution in [1.29, 1.82) is 0 Å². The van der Waals surface area contributed by atoms with E-state index in [0.717, 1.165) is 4.31 Å². The van der Waals surface area contributed by atoms with Gasteiger partial charge >= 0.3 is 6.09 Å². The van der Waals surface area contributed by atoms with Gasteiger partial charge < -0.3 is 14.2 Å². The summed E-state index contributed by atoms with van der Waals surface area (Å²) in [7, 11) is -2.85. The molecule has 208 valence electrons. The number of carbonyl (C=O) groups excluding carboxylic acids is 2. The number of nitrogens with one attached hydrogen (secondary N) is 1. The first-order valence-corrected chi connectivity index (χ1v) is 13.5. The van der Waals surface area contributed by atoms with Crippen LogP contribution >= 0.6 is 0 Å². The lowest BCUT2D eigenvalue weighted by molar-refractivity contribution is -0.136. The van der Waals surface area contributed by atoms with E-state index in [0.29, 0.717) is 18.6 Å². The van der Waals surface area contributed by atoms with E-state index in [1.54, 1.807) is 0 Å². The first-order chi connectivity index (χ1) is 18.3. The molecular weight excluding hydrogens is 523 g/mol. The maximum absolute atomic E-state index is 13.5. The topological polar surface area (TPSA) is 148 Å². The minimum Gasteiger partial charge on any atom is -0.456 e. The van der Waals surface area contributed by atoms with E-state index in [9.17, 15) is 27.6 Å². The standard InChI is InChI=1S/C22H25FN4O8S.C2H6/c1-33-10-11-34-22(29)27-15-4-8-18(27)20(21(28)25-30)26(13-15)36(31,32)19-9-7-17(12-24-19)35-16-5-2-14(23)3-6-16;1-2/h2-3,5-7,9,12,15,18,20,30H,4,8,10-11,13H2,1H3,(H,25,28);1-2H3/t15?,18-,20?;/m0./s1. The van der Waals surface area contributed by atoms with Crippen molar-refractivity contribution in [3.8, 4) is 11.5 Å². The fourth-order valence-corrected chi connectivity index (χ4v) is 6.01. The summed E-state index contributed by atoms with van der Waals surface area (Å²) >= 11 is 0. The highest BCUT2D eigenvalue weighted by molar-refractivity contribution is 7.89. The second-order valence-corrected chi connectivity index (χ2v) is 10.0. The van der Waals surface area contributed by atoms with Crippen LogP contribution < -0.4 is 10.2 Å². The average Bonchev–Trinajstić information content (AvgIpc) is 3.24. The Hall–Kier alpha value is -3.33. The molecule has 2 aliphatic rings. The largest absolute Gasteiger partial charge is 0.456 e. The highest BCUT2D eigenvalue weighted by Gasteiger charge is 2.55. The molecule has 1 aromatic carbocycles. The van der Waals surface area contributed by atoms with Crippen molar-refractivity contribution in [3.63, 3.8) is 0 Å². The number of sulfonamides is 1. The Labute approximate surface area is 220 Å². The molecule has 1 aromatic heterocycles. The van der Waals surface area contributed by atoms with E-state index in [1.807, 2.05) is 13.8 Å². The third-order valence-electron chi connectivity index (χ3n) is 6.05. The molecule has 2 unspecified atom stereocenters. The van der Waals surface area contributed by atoms with Crippen LogP contribution in [0, 0.1) is 5.82 Å². The summed E-state index contributed by atoms with van der Waals surface area (Å²) < 4.78 is 56.6. The quantitative estimate of drug-likeness (QED) is 0.285. The Morgan fingerprint density at radius 3 is 2.39 bits per heavy atom. The molecule has 2 amide bonds. The minimum atomic E-state index is -4.31. The summed E-state index contributed by atoms with van der Waals surface area (Å²) in [5.74, 6) is -0.858. The van der Waals surface area contributed by atoms with Gasteiger partial charge in [0.1, 0.15) is 30.0 Å². The molecule has 14 heteroatoms. The number of nitrogens with zero attached hydrogens (tertiary/aromatic N) is 3. The Bertz CT molecular complexity index is 1200. The Kier molecular flexibility index (Phi) is 9.96. The van der Waals surface area contributed by atoms with Gasteiger partial charge in [0.2, 0.25) is 0 Å². The first kappa shape index (κ1) is 29.2. The summed E-state index contributed by atoms with van der Waals surface area (Å²) in [5.41, 5.74) is 1.51. The number of ether oxygens (including phenoxy) is 3. The number of hydrogen-bond donors (Lipinski definition) is 2. The zero-order valence-corrected chi connectivity index (χ0v) is 22.1. The first-order valence-electron chi connectivity index (χ1n) is 12.1. The van der Waals surface area contributed by atoms with Crippen molar-refractivity contribution in [1.82, 2.24) is 19.7 Å². The molecule has 2 bridgehead atoms. The van der Waals surface area contributed by atoms with Crippen LogP contribution in [0.5, 0.6) is 11.5 Å². The van der Waals surface area contributed by atoms with Gasteiger partial charge in [0.15, 0.2) is 5.03 Å². The summed E-state index contributed by atoms with van der Waals surface area (Å²) in [6, 6.07) is 5.08. The van der Waals surface area contributed by atoms with Crippen LogP contribution in [0.15, 0.2) is 47.6 Å². The van der Waals surface area contributed by atoms with E-state index in [4.69, 9.17) is 14.2 Å². The van der Waals surface area contributed by atoms with Gasteiger partial charge in [0.25, 0.3) is 15.9 Å². The summed E-state index contributed by atoms with van der Waals surface area (Å²) in [5, 5.41) is 8.98. The van der Waals surface area contributed by atoms with Crippen molar-refractivity contribution in [2.75, 3.05) is 26.9 Å². The number of hydrogen-bond acceptors (Lipinski definition) is 9. The van der Waals surface area contributed by atoms with Gasteiger partial charge in [-0.05, 0) is 49.2 Å². The van der Waals surface area contributed by atoms with Crippen molar-refractivity contribution in [2.24, 2.45) is 0 Å². The fourth-order valence-electron chi connectivity index (χ4n) is 4.44. The van der Waals surface area contributed by atoms with Crippen LogP contribution in [-0.4, -0.2) is 84.8 Å². The van der Waals surface area contributed by atoms with Crippen LogP contribution in [-0.2, 0) is 24.3 Å². The van der Waals surface area contributed by atoms with Crippen molar-refractivity contribution >= 4 is 22.0 Å². The number of hydroxylamine groups is 1. The molecule has 0 aliphatic carbocycles. The van der Waals surface area contributed by atoms with Gasteiger partial charge in [-0.2, -0.15) is 4.31 Å². The number of rotatable bonds is 8. The number of methoxy groups -OCH3 is 1. The summed E-state index contributed by atoms with van der Waals surface area (Å²) in [6.45, 7) is 3.99. The molecule has 2 saturated heterocycles. The molecule has 0 radical (unpaired) electrons. The molecule has 12 nitrogen and oxygen atoms in total. The van der Waals surface area contributed by atoms with Crippen LogP contribution in [0.1, 0.15) is 26.7 Å². The summed E-state index contributed by atoms with van der Waals surface area (Å²) in [6.07, 6.45) is 1.29.